The maximum Gasteiger partial charge on any atom is 0.258 e. The molecular weight excluding hydrogens is 535 g/mol. The van der Waals surface area contributed by atoms with Gasteiger partial charge in [-0.2, -0.15) is 10.1 Å². The first-order chi connectivity index (χ1) is 15.2. The molecule has 6 atom stereocenters. The van der Waals surface area contributed by atoms with Gasteiger partial charge >= 0.3 is 0 Å². The number of benzene rings is 1. The summed E-state index contributed by atoms with van der Waals surface area (Å²) in [5.74, 6) is -7.34. The van der Waals surface area contributed by atoms with E-state index in [2.05, 4.69) is 0 Å². The van der Waals surface area contributed by atoms with E-state index in [0.717, 1.165) is 0 Å². The van der Waals surface area contributed by atoms with E-state index >= 15 is 0 Å². The fourth-order valence-electron chi connectivity index (χ4n) is 5.86. The molecule has 1 aromatic carbocycles. The second-order valence-electron chi connectivity index (χ2n) is 8.55. The van der Waals surface area contributed by atoms with E-state index in [1.807, 2.05) is 22.6 Å². The van der Waals surface area contributed by atoms with Crippen LogP contribution in [0.25, 0.3) is 0 Å². The van der Waals surface area contributed by atoms with E-state index in [-0.39, 0.29) is 34.5 Å². The van der Waals surface area contributed by atoms with E-state index in [0.29, 0.717) is 14.7 Å². The highest BCUT2D eigenvalue weighted by Crippen LogP contribution is 2.58. The summed E-state index contributed by atoms with van der Waals surface area (Å²) in [4.78, 5) is 50.7. The summed E-state index contributed by atoms with van der Waals surface area (Å²) in [6, 6.07) is 3.25. The number of allylic oxidation sites excluding steroid dienone is 2. The zero-order valence-electron chi connectivity index (χ0n) is 16.8. The molecule has 10 nitrogen and oxygen atoms in total. The number of fused-ring (bicyclic) bond motifs is 4. The number of hydrogen-bond acceptors (Lipinski definition) is 8. The van der Waals surface area contributed by atoms with Crippen LogP contribution in [-0.2, 0) is 19.2 Å². The Balaban J connectivity index is 1.69. The fourth-order valence-corrected chi connectivity index (χ4v) is 6.48. The molecule has 4 aliphatic rings. The molecule has 1 saturated carbocycles. The molecule has 0 bridgehead atoms. The number of halogens is 1. The number of hydrogen-bond donors (Lipinski definition) is 3. The van der Waals surface area contributed by atoms with Crippen LogP contribution in [0, 0.1) is 33.2 Å². The minimum absolute atomic E-state index is 0.0662. The van der Waals surface area contributed by atoms with Crippen LogP contribution in [0.5, 0.6) is 11.5 Å². The minimum atomic E-state index is -0.894. The van der Waals surface area contributed by atoms with Crippen LogP contribution in [0.3, 0.4) is 0 Å². The highest BCUT2D eigenvalue weighted by Gasteiger charge is 2.62. The molecule has 11 heteroatoms. The van der Waals surface area contributed by atoms with Gasteiger partial charge in [-0.15, -0.1) is 0 Å². The Morgan fingerprint density at radius 1 is 0.938 bits per heavy atom. The van der Waals surface area contributed by atoms with E-state index in [4.69, 9.17) is 4.74 Å². The summed E-state index contributed by atoms with van der Waals surface area (Å²) >= 11 is 1.93. The topological polar surface area (TPSA) is 145 Å². The van der Waals surface area contributed by atoms with Gasteiger partial charge in [-0.25, -0.2) is 0 Å². The molecule has 2 saturated heterocycles. The van der Waals surface area contributed by atoms with E-state index in [9.17, 15) is 34.7 Å². The van der Waals surface area contributed by atoms with Gasteiger partial charge < -0.3 is 9.84 Å². The van der Waals surface area contributed by atoms with Crippen LogP contribution < -0.4 is 4.74 Å². The number of carbonyl (C=O) groups excluding carboxylic acids is 4. The lowest BCUT2D eigenvalue weighted by Gasteiger charge is -2.43. The summed E-state index contributed by atoms with van der Waals surface area (Å²) in [6.45, 7) is 0. The summed E-state index contributed by atoms with van der Waals surface area (Å²) in [7, 11) is 1.39. The summed E-state index contributed by atoms with van der Waals surface area (Å²) in [6.07, 6.45) is 2.12. The van der Waals surface area contributed by atoms with Gasteiger partial charge in [-0.05, 0) is 59.0 Å². The normalized spacial score (nSPS) is 33.8. The largest absolute Gasteiger partial charge is 0.504 e. The standard InChI is InChI=1S/C21H19IN2O8/c1-32-13-5-7(4-12(22)17(13)25)14-8-2-3-9-15(20(28)23(30)18(9)26)10(8)6-11-16(14)21(29)24(31)19(11)27/h2,4-5,9-11,14-16,25,30-31H,3,6H2,1H3/t9-,10+,11+,14-,15-,16+/m0/s1. The van der Waals surface area contributed by atoms with Crippen LogP contribution in [0.1, 0.15) is 24.3 Å². The molecule has 2 heterocycles. The number of carbonyl (C=O) groups is 4. The van der Waals surface area contributed by atoms with Crippen molar-refractivity contribution in [1.29, 1.82) is 0 Å². The quantitative estimate of drug-likeness (QED) is 0.216. The molecular formula is C21H19IN2O8. The Bertz CT molecular complexity index is 1120. The van der Waals surface area contributed by atoms with Gasteiger partial charge in [0.1, 0.15) is 0 Å². The summed E-state index contributed by atoms with van der Waals surface area (Å²) in [5, 5.41) is 30.6. The van der Waals surface area contributed by atoms with E-state index in [1.165, 1.54) is 7.11 Å². The molecule has 168 valence electrons. The lowest BCUT2D eigenvalue weighted by atomic mass is 9.57. The number of rotatable bonds is 2. The van der Waals surface area contributed by atoms with E-state index in [1.54, 1.807) is 18.2 Å². The van der Waals surface area contributed by atoms with Crippen LogP contribution >= 0.6 is 22.6 Å². The van der Waals surface area contributed by atoms with Crippen molar-refractivity contribution in [3.05, 3.63) is 32.9 Å². The number of nitrogens with zero attached hydrogens (tertiary/aromatic N) is 2. The highest BCUT2D eigenvalue weighted by atomic mass is 127. The molecule has 3 fully saturated rings. The number of hydroxylamine groups is 4. The molecule has 0 unspecified atom stereocenters. The van der Waals surface area contributed by atoms with Crippen molar-refractivity contribution in [1.82, 2.24) is 10.1 Å². The zero-order chi connectivity index (χ0) is 23.1. The predicted octanol–water partition coefficient (Wildman–Crippen LogP) is 1.42. The Hall–Kier alpha value is -2.51. The van der Waals surface area contributed by atoms with Crippen molar-refractivity contribution in [3.63, 3.8) is 0 Å². The maximum atomic E-state index is 12.9. The van der Waals surface area contributed by atoms with Gasteiger partial charge in [0.05, 0.1) is 34.4 Å². The number of methoxy groups -OCH3 is 1. The lowest BCUT2D eigenvalue weighted by Crippen LogP contribution is -2.43. The number of amides is 4. The van der Waals surface area contributed by atoms with Gasteiger partial charge in [-0.1, -0.05) is 11.6 Å². The summed E-state index contributed by atoms with van der Waals surface area (Å²) < 4.78 is 5.73. The van der Waals surface area contributed by atoms with Gasteiger partial charge in [0.2, 0.25) is 0 Å². The molecule has 3 N–H and O–H groups in total. The second-order valence-corrected chi connectivity index (χ2v) is 9.72. The van der Waals surface area contributed by atoms with Gasteiger partial charge in [0.15, 0.2) is 11.5 Å². The zero-order valence-corrected chi connectivity index (χ0v) is 18.9. The van der Waals surface area contributed by atoms with Gasteiger partial charge in [-0.3, -0.25) is 29.6 Å². The van der Waals surface area contributed by atoms with Crippen molar-refractivity contribution in [2.24, 2.45) is 29.6 Å². The molecule has 0 aromatic heterocycles. The van der Waals surface area contributed by atoms with Crippen molar-refractivity contribution in [2.45, 2.75) is 18.8 Å². The third-order valence-electron chi connectivity index (χ3n) is 7.23. The Labute approximate surface area is 195 Å². The summed E-state index contributed by atoms with van der Waals surface area (Å²) in [5.41, 5.74) is 1.30. The molecule has 2 aliphatic carbocycles. The predicted molar refractivity (Wildman–Crippen MR) is 112 cm³/mol. The highest BCUT2D eigenvalue weighted by molar-refractivity contribution is 14.1. The van der Waals surface area contributed by atoms with Gasteiger partial charge in [0.25, 0.3) is 23.6 Å². The average molecular weight is 554 g/mol. The maximum absolute atomic E-state index is 12.9. The molecule has 0 radical (unpaired) electrons. The van der Waals surface area contributed by atoms with Crippen molar-refractivity contribution >= 4 is 46.2 Å². The molecule has 1 aromatic rings. The molecule has 5 rings (SSSR count). The third-order valence-corrected chi connectivity index (χ3v) is 8.05. The molecule has 2 aliphatic heterocycles. The Morgan fingerprint density at radius 2 is 1.56 bits per heavy atom. The Kier molecular flexibility index (Phi) is 4.84. The smallest absolute Gasteiger partial charge is 0.258 e. The fraction of sp³-hybridized carbons (Fsp3) is 0.429. The van der Waals surface area contributed by atoms with E-state index < -0.39 is 59.1 Å². The number of phenols is 1. The van der Waals surface area contributed by atoms with Crippen molar-refractivity contribution in [2.75, 3.05) is 7.11 Å². The Morgan fingerprint density at radius 3 is 2.22 bits per heavy atom. The third kappa shape index (κ3) is 2.70. The molecule has 0 spiro atoms. The van der Waals surface area contributed by atoms with Crippen molar-refractivity contribution in [3.8, 4) is 11.5 Å². The van der Waals surface area contributed by atoms with Crippen molar-refractivity contribution < 1.29 is 39.4 Å². The van der Waals surface area contributed by atoms with Crippen LogP contribution in [0.15, 0.2) is 23.8 Å². The second kappa shape index (κ2) is 7.25. The first-order valence-corrected chi connectivity index (χ1v) is 11.1. The first kappa shape index (κ1) is 21.3. The first-order valence-electron chi connectivity index (χ1n) is 10.1. The van der Waals surface area contributed by atoms with Crippen LogP contribution in [0.2, 0.25) is 0 Å². The minimum Gasteiger partial charge on any atom is -0.504 e. The molecule has 32 heavy (non-hydrogen) atoms. The average Bonchev–Trinajstić information content (AvgIpc) is 3.14. The van der Waals surface area contributed by atoms with Crippen LogP contribution in [-0.4, -0.2) is 56.4 Å². The number of aromatic hydroxyl groups is 1. The monoisotopic (exact) mass is 554 g/mol. The van der Waals surface area contributed by atoms with Crippen LogP contribution in [0.4, 0.5) is 0 Å². The number of ether oxygens (including phenoxy) is 1. The number of imide groups is 2. The number of phenolic OH excluding ortho intramolecular Hbond substituents is 1. The van der Waals surface area contributed by atoms with Gasteiger partial charge in [0, 0.05) is 5.92 Å². The molecule has 4 amide bonds. The lowest BCUT2D eigenvalue weighted by molar-refractivity contribution is -0.174. The SMILES string of the molecule is COc1cc([C@H]2C3=CC[C@@H]4C(=O)N(O)C(=O)[C@@H]4[C@@H]3C[C@H]3C(=O)N(O)C(=O)[C@@H]23)cc(I)c1O.